The average Bonchev–Trinajstić information content (AvgIpc) is 2.50. The largest absolute Gasteiger partial charge is 0.398 e. The van der Waals surface area contributed by atoms with Crippen LogP contribution in [0, 0.1) is 5.92 Å². The van der Waals surface area contributed by atoms with Gasteiger partial charge in [0.1, 0.15) is 0 Å². The second kappa shape index (κ2) is 6.10. The van der Waals surface area contributed by atoms with Crippen molar-refractivity contribution in [2.75, 3.05) is 12.3 Å². The first kappa shape index (κ1) is 12.5. The molecule has 0 aromatic carbocycles. The third-order valence-corrected chi connectivity index (χ3v) is 3.13. The summed E-state index contributed by atoms with van der Waals surface area (Å²) >= 11 is 1.65. The zero-order valence-electron chi connectivity index (χ0n) is 9.36. The SMILES string of the molecule is CC(C)CC(O)CNCc1sccc1N. The fraction of sp³-hybridized carbons (Fsp3) is 0.636. The Morgan fingerprint density at radius 2 is 2.27 bits per heavy atom. The molecule has 1 aromatic heterocycles. The van der Waals surface area contributed by atoms with Crippen LogP contribution in [0.25, 0.3) is 0 Å². The lowest BCUT2D eigenvalue weighted by molar-refractivity contribution is 0.146. The second-order valence-corrected chi connectivity index (χ2v) is 5.21. The Labute approximate surface area is 95.3 Å². The van der Waals surface area contributed by atoms with Gasteiger partial charge in [0.15, 0.2) is 0 Å². The molecule has 1 atom stereocenters. The number of aliphatic hydroxyl groups excluding tert-OH is 1. The normalized spacial score (nSPS) is 13.3. The van der Waals surface area contributed by atoms with Crippen molar-refractivity contribution in [2.24, 2.45) is 5.92 Å². The van der Waals surface area contributed by atoms with Crippen molar-refractivity contribution in [3.05, 3.63) is 16.3 Å². The fourth-order valence-corrected chi connectivity index (χ4v) is 2.24. The van der Waals surface area contributed by atoms with Crippen LogP contribution < -0.4 is 11.1 Å². The number of nitrogens with one attached hydrogen (secondary N) is 1. The number of hydrogen-bond acceptors (Lipinski definition) is 4. The van der Waals surface area contributed by atoms with E-state index in [1.807, 2.05) is 11.4 Å². The van der Waals surface area contributed by atoms with Gasteiger partial charge in [0.05, 0.1) is 6.10 Å². The van der Waals surface area contributed by atoms with E-state index in [0.29, 0.717) is 12.5 Å². The Morgan fingerprint density at radius 3 is 2.80 bits per heavy atom. The summed E-state index contributed by atoms with van der Waals surface area (Å²) in [5.41, 5.74) is 6.58. The second-order valence-electron chi connectivity index (χ2n) is 4.21. The van der Waals surface area contributed by atoms with Gasteiger partial charge in [-0.15, -0.1) is 11.3 Å². The number of hydrogen-bond donors (Lipinski definition) is 3. The van der Waals surface area contributed by atoms with Crippen LogP contribution in [0.15, 0.2) is 11.4 Å². The highest BCUT2D eigenvalue weighted by Gasteiger charge is 2.07. The summed E-state index contributed by atoms with van der Waals surface area (Å²) < 4.78 is 0. The highest BCUT2D eigenvalue weighted by Crippen LogP contribution is 2.18. The molecule has 0 bridgehead atoms. The molecule has 4 heteroatoms. The van der Waals surface area contributed by atoms with Gasteiger partial charge in [-0.05, 0) is 23.8 Å². The van der Waals surface area contributed by atoms with Gasteiger partial charge in [0, 0.05) is 23.7 Å². The minimum absolute atomic E-state index is 0.258. The molecule has 0 amide bonds. The van der Waals surface area contributed by atoms with Crippen molar-refractivity contribution in [3.63, 3.8) is 0 Å². The number of nitrogen functional groups attached to an aromatic ring is 1. The van der Waals surface area contributed by atoms with Crippen LogP contribution in [-0.2, 0) is 6.54 Å². The predicted octanol–water partition coefficient (Wildman–Crippen LogP) is 1.83. The molecule has 0 saturated carbocycles. The van der Waals surface area contributed by atoms with E-state index in [4.69, 9.17) is 5.73 Å². The van der Waals surface area contributed by atoms with Crippen molar-refractivity contribution >= 4 is 17.0 Å². The molecule has 4 N–H and O–H groups in total. The summed E-state index contributed by atoms with van der Waals surface area (Å²) in [6.45, 7) is 5.61. The molecule has 0 aliphatic heterocycles. The van der Waals surface area contributed by atoms with Gasteiger partial charge in [0.25, 0.3) is 0 Å². The van der Waals surface area contributed by atoms with Crippen molar-refractivity contribution in [2.45, 2.75) is 32.9 Å². The molecule has 1 heterocycles. The molecule has 1 aromatic rings. The lowest BCUT2D eigenvalue weighted by Crippen LogP contribution is -2.27. The highest BCUT2D eigenvalue weighted by atomic mass is 32.1. The molecule has 0 spiro atoms. The molecule has 1 rings (SSSR count). The van der Waals surface area contributed by atoms with E-state index in [2.05, 4.69) is 19.2 Å². The summed E-state index contributed by atoms with van der Waals surface area (Å²) in [4.78, 5) is 1.15. The quantitative estimate of drug-likeness (QED) is 0.696. The minimum atomic E-state index is -0.258. The lowest BCUT2D eigenvalue weighted by atomic mass is 10.1. The molecule has 1 unspecified atom stereocenters. The van der Waals surface area contributed by atoms with E-state index >= 15 is 0 Å². The molecule has 3 nitrogen and oxygen atoms in total. The van der Waals surface area contributed by atoms with Crippen LogP contribution in [-0.4, -0.2) is 17.8 Å². The van der Waals surface area contributed by atoms with E-state index in [0.717, 1.165) is 23.5 Å². The molecule has 0 aliphatic rings. The number of rotatable bonds is 6. The van der Waals surface area contributed by atoms with Gasteiger partial charge in [-0.1, -0.05) is 13.8 Å². The Balaban J connectivity index is 2.19. The van der Waals surface area contributed by atoms with E-state index in [9.17, 15) is 5.11 Å². The van der Waals surface area contributed by atoms with Crippen molar-refractivity contribution in [1.29, 1.82) is 0 Å². The Kier molecular flexibility index (Phi) is 5.08. The topological polar surface area (TPSA) is 58.3 Å². The summed E-state index contributed by atoms with van der Waals surface area (Å²) in [7, 11) is 0. The van der Waals surface area contributed by atoms with E-state index < -0.39 is 0 Å². The van der Waals surface area contributed by atoms with Gasteiger partial charge >= 0.3 is 0 Å². The lowest BCUT2D eigenvalue weighted by Gasteiger charge is -2.13. The Morgan fingerprint density at radius 1 is 1.53 bits per heavy atom. The van der Waals surface area contributed by atoms with E-state index in [1.54, 1.807) is 11.3 Å². The molecule has 0 aliphatic carbocycles. The third kappa shape index (κ3) is 4.64. The van der Waals surface area contributed by atoms with Gasteiger partial charge in [-0.3, -0.25) is 0 Å². The molecule has 15 heavy (non-hydrogen) atoms. The van der Waals surface area contributed by atoms with Crippen molar-refractivity contribution < 1.29 is 5.11 Å². The first-order valence-electron chi connectivity index (χ1n) is 5.30. The Hall–Kier alpha value is -0.580. The standard InChI is InChI=1S/C11H20N2OS/c1-8(2)5-9(14)6-13-7-11-10(12)3-4-15-11/h3-4,8-9,13-14H,5-7,12H2,1-2H3. The zero-order valence-corrected chi connectivity index (χ0v) is 10.2. The first-order valence-corrected chi connectivity index (χ1v) is 6.18. The molecule has 0 radical (unpaired) electrons. The maximum Gasteiger partial charge on any atom is 0.0667 e. The van der Waals surface area contributed by atoms with E-state index in [1.165, 1.54) is 0 Å². The number of anilines is 1. The van der Waals surface area contributed by atoms with Crippen LogP contribution in [0.2, 0.25) is 0 Å². The third-order valence-electron chi connectivity index (χ3n) is 2.19. The maximum atomic E-state index is 9.63. The Bertz CT molecular complexity index is 286. The van der Waals surface area contributed by atoms with E-state index in [-0.39, 0.29) is 6.10 Å². The van der Waals surface area contributed by atoms with Gasteiger partial charge in [0.2, 0.25) is 0 Å². The van der Waals surface area contributed by atoms with Crippen LogP contribution >= 0.6 is 11.3 Å². The van der Waals surface area contributed by atoms with Crippen molar-refractivity contribution in [1.82, 2.24) is 5.32 Å². The predicted molar refractivity (Wildman–Crippen MR) is 65.9 cm³/mol. The van der Waals surface area contributed by atoms with Gasteiger partial charge in [-0.2, -0.15) is 0 Å². The molecule has 86 valence electrons. The van der Waals surface area contributed by atoms with Gasteiger partial charge in [-0.25, -0.2) is 0 Å². The van der Waals surface area contributed by atoms with Gasteiger partial charge < -0.3 is 16.2 Å². The summed E-state index contributed by atoms with van der Waals surface area (Å²) in [5, 5.41) is 14.8. The fourth-order valence-electron chi connectivity index (χ4n) is 1.47. The number of aliphatic hydroxyl groups is 1. The number of nitrogens with two attached hydrogens (primary N) is 1. The molecular formula is C11H20N2OS. The van der Waals surface area contributed by atoms with Crippen molar-refractivity contribution in [3.8, 4) is 0 Å². The van der Waals surface area contributed by atoms with Crippen LogP contribution in [0.1, 0.15) is 25.1 Å². The zero-order chi connectivity index (χ0) is 11.3. The summed E-state index contributed by atoms with van der Waals surface area (Å²) in [6.07, 6.45) is 0.582. The smallest absolute Gasteiger partial charge is 0.0667 e. The average molecular weight is 228 g/mol. The maximum absolute atomic E-state index is 9.63. The summed E-state index contributed by atoms with van der Waals surface area (Å²) in [5.74, 6) is 0.536. The highest BCUT2D eigenvalue weighted by molar-refractivity contribution is 7.10. The number of thiophene rings is 1. The molecular weight excluding hydrogens is 208 g/mol. The van der Waals surface area contributed by atoms with Crippen LogP contribution in [0.4, 0.5) is 5.69 Å². The molecule has 0 saturated heterocycles. The van der Waals surface area contributed by atoms with Crippen LogP contribution in [0.5, 0.6) is 0 Å². The molecule has 0 fully saturated rings. The minimum Gasteiger partial charge on any atom is -0.398 e. The monoisotopic (exact) mass is 228 g/mol. The summed E-state index contributed by atoms with van der Waals surface area (Å²) in [6, 6.07) is 1.91. The first-order chi connectivity index (χ1) is 7.09. The van der Waals surface area contributed by atoms with Crippen LogP contribution in [0.3, 0.4) is 0 Å².